The zero-order chi connectivity index (χ0) is 46.8. The summed E-state index contributed by atoms with van der Waals surface area (Å²) in [5.41, 5.74) is 0.0711. The summed E-state index contributed by atoms with van der Waals surface area (Å²) in [5.74, 6) is 0.737. The lowest BCUT2D eigenvalue weighted by atomic mass is 9.68. The number of hydrogen-bond donors (Lipinski definition) is 4. The molecule has 4 aliphatic rings. The number of methoxy groups -OCH3 is 2. The lowest BCUT2D eigenvalue weighted by molar-refractivity contribution is -0.177. The quantitative estimate of drug-likeness (QED) is 0.0895. The highest BCUT2D eigenvalue weighted by Crippen LogP contribution is 2.47. The van der Waals surface area contributed by atoms with Crippen molar-refractivity contribution < 1.29 is 47.4 Å². The number of nitrogens with one attached hydrogen (secondary N) is 2. The Balaban J connectivity index is 0.987. The predicted molar refractivity (Wildman–Crippen MR) is 252 cm³/mol. The Bertz CT molecular complexity index is 2770. The predicted octanol–water partition coefficient (Wildman–Crippen LogP) is 6.33. The molecule has 5 aromatic heterocycles. The van der Waals surface area contributed by atoms with Crippen LogP contribution >= 0.6 is 23.5 Å². The second-order valence-electron chi connectivity index (χ2n) is 17.5. The van der Waals surface area contributed by atoms with Crippen molar-refractivity contribution in [3.63, 3.8) is 0 Å². The number of thioether (sulfide) groups is 2. The highest BCUT2D eigenvalue weighted by Gasteiger charge is 2.54. The third-order valence-electron chi connectivity index (χ3n) is 13.3. The van der Waals surface area contributed by atoms with Gasteiger partial charge in [-0.2, -0.15) is 0 Å². The first-order valence-corrected chi connectivity index (χ1v) is 24.8. The van der Waals surface area contributed by atoms with Gasteiger partial charge in [0.1, 0.15) is 17.2 Å². The molecule has 68 heavy (non-hydrogen) atoms. The highest BCUT2D eigenvalue weighted by molar-refractivity contribution is 7.99. The normalized spacial score (nSPS) is 22.3. The van der Waals surface area contributed by atoms with Crippen LogP contribution in [-0.4, -0.2) is 123 Å². The van der Waals surface area contributed by atoms with Crippen LogP contribution in [0.5, 0.6) is 23.3 Å². The minimum absolute atomic E-state index is 0.00135. The van der Waals surface area contributed by atoms with Gasteiger partial charge in [-0.1, -0.05) is 0 Å². The van der Waals surface area contributed by atoms with Crippen LogP contribution < -0.4 is 29.6 Å². The van der Waals surface area contributed by atoms with E-state index in [0.29, 0.717) is 56.5 Å². The molecule has 15 nitrogen and oxygen atoms in total. The Morgan fingerprint density at radius 3 is 1.99 bits per heavy atom. The van der Waals surface area contributed by atoms with Crippen molar-refractivity contribution in [2.45, 2.75) is 96.9 Å². The van der Waals surface area contributed by atoms with E-state index in [2.05, 4.69) is 30.6 Å². The number of ether oxygens (including phenoxy) is 6. The fraction of sp³-hybridized carbons (Fsp3) is 0.449. The number of aliphatic hydroxyl groups is 2. The molecule has 0 bridgehead atoms. The second-order valence-corrected chi connectivity index (χ2v) is 19.7. The molecule has 2 fully saturated rings. The summed E-state index contributed by atoms with van der Waals surface area (Å²) in [7, 11) is 2.91. The maximum Gasteiger partial charge on any atom is 0.213 e. The lowest BCUT2D eigenvalue weighted by Gasteiger charge is -2.48. The SMILES string of the molecule is COc1ccc2ccc(F)c(C(C(O)[C@@H]3CC[C@@H](NCc4cc5c(cn4)OCCS5)CO3)[C@](O)(Cc3c(F)cnc4ccc(OC)nc34)[C@@H]3CC[C@@H](NCc4cc5c(cn4)OCCS5)CO3)c2n1. The number of nitrogens with zero attached hydrogens (tertiary/aromatic N) is 5. The molecule has 7 atom stereocenters. The van der Waals surface area contributed by atoms with Crippen molar-refractivity contribution in [1.82, 2.24) is 35.6 Å². The summed E-state index contributed by atoms with van der Waals surface area (Å²) in [6, 6.07) is 13.4. The Morgan fingerprint density at radius 2 is 1.37 bits per heavy atom. The van der Waals surface area contributed by atoms with Gasteiger partial charge in [0.15, 0.2) is 11.5 Å². The first-order valence-electron chi connectivity index (χ1n) is 22.9. The van der Waals surface area contributed by atoms with Gasteiger partial charge in [-0.25, -0.2) is 18.7 Å². The van der Waals surface area contributed by atoms with Gasteiger partial charge in [-0.3, -0.25) is 15.0 Å². The zero-order valence-corrected chi connectivity index (χ0v) is 39.3. The minimum Gasteiger partial charge on any atom is -0.490 e. The van der Waals surface area contributed by atoms with E-state index in [9.17, 15) is 10.2 Å². The number of pyridine rings is 5. The molecule has 0 amide bonds. The number of hydrogen-bond acceptors (Lipinski definition) is 17. The van der Waals surface area contributed by atoms with Gasteiger partial charge < -0.3 is 49.3 Å². The molecule has 0 spiro atoms. The monoisotopic (exact) mass is 969 g/mol. The number of fused-ring (bicyclic) bond motifs is 4. The van der Waals surface area contributed by atoms with Gasteiger partial charge in [0.05, 0.1) is 115 Å². The summed E-state index contributed by atoms with van der Waals surface area (Å²) >= 11 is 3.47. The van der Waals surface area contributed by atoms with Crippen LogP contribution in [0.1, 0.15) is 54.1 Å². The van der Waals surface area contributed by atoms with Crippen molar-refractivity contribution in [1.29, 1.82) is 0 Å². The van der Waals surface area contributed by atoms with Crippen LogP contribution in [0.15, 0.2) is 76.9 Å². The van der Waals surface area contributed by atoms with E-state index in [1.807, 2.05) is 12.1 Å². The van der Waals surface area contributed by atoms with Crippen LogP contribution in [0.2, 0.25) is 0 Å². The van der Waals surface area contributed by atoms with E-state index in [0.717, 1.165) is 50.4 Å². The van der Waals surface area contributed by atoms with Crippen LogP contribution in [0.25, 0.3) is 21.9 Å². The molecule has 0 saturated carbocycles. The van der Waals surface area contributed by atoms with Gasteiger partial charge in [-0.15, -0.1) is 23.5 Å². The average molecular weight is 970 g/mol. The standard InChI is InChI=1S/C49H53F2N7O8S2/c1-61-42-11-4-27-3-7-33(50)44(46(27)57-42)45(48(59)36-9-5-28(25-65-36)52-20-30-17-39-37(23-54-30)63-13-15-67-39)49(60,19-32-34(51)22-56-35-8-12-43(62-2)58-47(32)35)41-10-6-29(26-66-41)53-21-31-18-40-38(24-55-31)64-14-16-68-40/h3-4,7-8,11-12,17-18,22-24,28-29,36,41,45,48,52-53,59-60H,5-6,9-10,13-16,19-21,25-26H2,1-2H3/t28-,29-,36+,41+,45?,48?,49+/m1/s1. The van der Waals surface area contributed by atoms with Crippen molar-refractivity contribution in [3.05, 3.63) is 101 Å². The van der Waals surface area contributed by atoms with E-state index >= 15 is 8.78 Å². The third-order valence-corrected chi connectivity index (χ3v) is 15.3. The molecule has 0 radical (unpaired) electrons. The van der Waals surface area contributed by atoms with Gasteiger partial charge in [0, 0.05) is 77.7 Å². The number of halogens is 2. The van der Waals surface area contributed by atoms with E-state index in [4.69, 9.17) is 33.4 Å². The molecule has 4 N–H and O–H groups in total. The van der Waals surface area contributed by atoms with E-state index in [1.54, 1.807) is 66.2 Å². The fourth-order valence-electron chi connectivity index (χ4n) is 9.75. The summed E-state index contributed by atoms with van der Waals surface area (Å²) in [4.78, 5) is 24.9. The summed E-state index contributed by atoms with van der Waals surface area (Å²) < 4.78 is 69.3. The Hall–Kier alpha value is -4.99. The van der Waals surface area contributed by atoms with Crippen LogP contribution in [-0.2, 0) is 29.0 Å². The molecule has 0 aliphatic carbocycles. The smallest absolute Gasteiger partial charge is 0.213 e. The van der Waals surface area contributed by atoms with Crippen molar-refractivity contribution >= 4 is 45.5 Å². The maximum absolute atomic E-state index is 17.1. The maximum atomic E-state index is 17.1. The number of aliphatic hydroxyl groups excluding tert-OH is 1. The first-order chi connectivity index (χ1) is 33.2. The molecule has 9 heterocycles. The van der Waals surface area contributed by atoms with Gasteiger partial charge in [0.25, 0.3) is 0 Å². The minimum atomic E-state index is -2.22. The van der Waals surface area contributed by atoms with Crippen molar-refractivity contribution in [2.24, 2.45) is 0 Å². The molecule has 19 heteroatoms. The Kier molecular flexibility index (Phi) is 14.1. The number of aromatic nitrogens is 5. The fourth-order valence-corrected chi connectivity index (χ4v) is 11.5. The summed E-state index contributed by atoms with van der Waals surface area (Å²) in [5, 5.41) is 34.5. The van der Waals surface area contributed by atoms with Crippen LogP contribution in [0, 0.1) is 11.6 Å². The molecule has 6 aromatic rings. The third kappa shape index (κ3) is 9.76. The zero-order valence-electron chi connectivity index (χ0n) is 37.7. The highest BCUT2D eigenvalue weighted by atomic mass is 32.2. The molecule has 1 aromatic carbocycles. The Labute approximate surface area is 400 Å². The summed E-state index contributed by atoms with van der Waals surface area (Å²) in [6.45, 7) is 2.60. The summed E-state index contributed by atoms with van der Waals surface area (Å²) in [6.07, 6.45) is 2.32. The van der Waals surface area contributed by atoms with E-state index in [1.165, 1.54) is 20.3 Å². The van der Waals surface area contributed by atoms with Gasteiger partial charge >= 0.3 is 0 Å². The molecule has 2 unspecified atom stereocenters. The van der Waals surface area contributed by atoms with E-state index in [-0.39, 0.29) is 65.6 Å². The van der Waals surface area contributed by atoms with Crippen molar-refractivity contribution in [2.75, 3.05) is 52.2 Å². The molecular weight excluding hydrogens is 917 g/mol. The largest absolute Gasteiger partial charge is 0.490 e. The molecule has 10 rings (SSSR count). The topological polar surface area (TPSA) is 184 Å². The molecular formula is C49H53F2N7O8S2. The molecule has 2 saturated heterocycles. The number of rotatable bonds is 15. The van der Waals surface area contributed by atoms with Crippen molar-refractivity contribution in [3.8, 4) is 23.3 Å². The van der Waals surface area contributed by atoms with Crippen LogP contribution in [0.4, 0.5) is 8.78 Å². The van der Waals surface area contributed by atoms with E-state index < -0.39 is 47.9 Å². The first kappa shape index (κ1) is 46.7. The van der Waals surface area contributed by atoms with Gasteiger partial charge in [0.2, 0.25) is 11.8 Å². The molecule has 358 valence electrons. The second kappa shape index (κ2) is 20.5. The van der Waals surface area contributed by atoms with Crippen LogP contribution in [0.3, 0.4) is 0 Å². The van der Waals surface area contributed by atoms with Gasteiger partial charge in [-0.05, 0) is 62.1 Å². The molecule has 4 aliphatic heterocycles. The average Bonchev–Trinajstić information content (AvgIpc) is 3.38. The lowest BCUT2D eigenvalue weighted by Crippen LogP contribution is -2.59. The Morgan fingerprint density at radius 1 is 0.750 bits per heavy atom. The number of benzene rings is 1.